The lowest BCUT2D eigenvalue weighted by Gasteiger charge is -2.06. The number of ketones is 1. The third kappa shape index (κ3) is 4.76. The largest absolute Gasteiger partial charge is 0.497 e. The van der Waals surface area contributed by atoms with Gasteiger partial charge in [-0.15, -0.1) is 0 Å². The first-order valence-corrected chi connectivity index (χ1v) is 7.88. The van der Waals surface area contributed by atoms with Crippen LogP contribution in [0.2, 0.25) is 0 Å². The first kappa shape index (κ1) is 18.4. The predicted octanol–water partition coefficient (Wildman–Crippen LogP) is 3.71. The van der Waals surface area contributed by atoms with E-state index in [0.717, 1.165) is 22.6 Å². The van der Waals surface area contributed by atoms with Gasteiger partial charge >= 0.3 is 0 Å². The lowest BCUT2D eigenvalue weighted by molar-refractivity contribution is -0.110. The van der Waals surface area contributed by atoms with Gasteiger partial charge in [0.25, 0.3) is 0 Å². The van der Waals surface area contributed by atoms with Gasteiger partial charge in [0, 0.05) is 11.6 Å². The fourth-order valence-corrected chi connectivity index (χ4v) is 2.23. The molecule has 0 saturated heterocycles. The van der Waals surface area contributed by atoms with E-state index in [0.29, 0.717) is 17.2 Å². The highest BCUT2D eigenvalue weighted by atomic mass is 16.5. The summed E-state index contributed by atoms with van der Waals surface area (Å²) in [4.78, 5) is 20.9. The van der Waals surface area contributed by atoms with Gasteiger partial charge in [-0.3, -0.25) is 9.78 Å². The Bertz CT molecular complexity index is 839. The summed E-state index contributed by atoms with van der Waals surface area (Å²) < 4.78 is 10.5. The minimum Gasteiger partial charge on any atom is -0.497 e. The van der Waals surface area contributed by atoms with E-state index in [1.165, 1.54) is 12.2 Å². The molecule has 2 aromatic rings. The topological polar surface area (TPSA) is 61.3 Å². The molecule has 25 heavy (non-hydrogen) atoms. The van der Waals surface area contributed by atoms with Crippen molar-refractivity contribution in [2.45, 2.75) is 20.8 Å². The molecule has 0 amide bonds. The summed E-state index contributed by atoms with van der Waals surface area (Å²) in [5.74, 6) is 1.20. The van der Waals surface area contributed by atoms with Crippen molar-refractivity contribution in [1.29, 1.82) is 0 Å². The lowest BCUT2D eigenvalue weighted by atomic mass is 10.1. The van der Waals surface area contributed by atoms with Gasteiger partial charge in [-0.2, -0.15) is 0 Å². The Morgan fingerprint density at radius 1 is 0.920 bits per heavy atom. The number of nitrogens with zero attached hydrogens (tertiary/aromatic N) is 2. The SMILES string of the molecule is COc1ccc(/C=C/C(=O)/C=C/c2nc(C)c(C)nc2C)c(OC)c1. The Hall–Kier alpha value is -2.95. The predicted molar refractivity (Wildman–Crippen MR) is 98.9 cm³/mol. The van der Waals surface area contributed by atoms with Crippen LogP contribution in [-0.4, -0.2) is 30.0 Å². The third-order valence-corrected chi connectivity index (χ3v) is 3.79. The van der Waals surface area contributed by atoms with Crippen LogP contribution >= 0.6 is 0 Å². The molecule has 130 valence electrons. The van der Waals surface area contributed by atoms with Crippen LogP contribution in [-0.2, 0) is 4.79 Å². The average molecular weight is 338 g/mol. The summed E-state index contributed by atoms with van der Waals surface area (Å²) in [6.07, 6.45) is 6.37. The first-order valence-electron chi connectivity index (χ1n) is 7.88. The number of aromatic nitrogens is 2. The van der Waals surface area contributed by atoms with Gasteiger partial charge in [0.1, 0.15) is 11.5 Å². The van der Waals surface area contributed by atoms with Crippen LogP contribution in [0.15, 0.2) is 30.4 Å². The number of allylic oxidation sites excluding steroid dienone is 2. The number of aryl methyl sites for hydroxylation is 3. The van der Waals surface area contributed by atoms with Crippen molar-refractivity contribution in [2.75, 3.05) is 14.2 Å². The van der Waals surface area contributed by atoms with Gasteiger partial charge in [-0.05, 0) is 57.2 Å². The molecule has 0 fully saturated rings. The molecule has 2 rings (SSSR count). The molecular weight excluding hydrogens is 316 g/mol. The van der Waals surface area contributed by atoms with Crippen LogP contribution in [0.5, 0.6) is 11.5 Å². The molecule has 0 aliphatic rings. The average Bonchev–Trinajstić information content (AvgIpc) is 2.61. The van der Waals surface area contributed by atoms with Gasteiger partial charge < -0.3 is 9.47 Å². The number of rotatable bonds is 6. The highest BCUT2D eigenvalue weighted by Crippen LogP contribution is 2.25. The number of ether oxygens (including phenoxy) is 2. The summed E-state index contributed by atoms with van der Waals surface area (Å²) in [7, 11) is 3.17. The Kier molecular flexibility index (Phi) is 6.06. The molecule has 5 heteroatoms. The normalized spacial score (nSPS) is 11.2. The molecule has 0 aliphatic carbocycles. The lowest BCUT2D eigenvalue weighted by Crippen LogP contribution is -1.99. The number of methoxy groups -OCH3 is 2. The number of carbonyl (C=O) groups is 1. The molecule has 0 aliphatic heterocycles. The van der Waals surface area contributed by atoms with Crippen molar-refractivity contribution < 1.29 is 14.3 Å². The molecule has 0 atom stereocenters. The van der Waals surface area contributed by atoms with Crippen molar-refractivity contribution in [3.05, 3.63) is 58.7 Å². The monoisotopic (exact) mass is 338 g/mol. The van der Waals surface area contributed by atoms with Gasteiger partial charge in [-0.1, -0.05) is 0 Å². The number of benzene rings is 1. The molecule has 0 unspecified atom stereocenters. The Morgan fingerprint density at radius 2 is 1.60 bits per heavy atom. The van der Waals surface area contributed by atoms with Crippen molar-refractivity contribution in [2.24, 2.45) is 0 Å². The second-order valence-electron chi connectivity index (χ2n) is 5.54. The summed E-state index contributed by atoms with van der Waals surface area (Å²) in [6, 6.07) is 5.43. The molecule has 1 aromatic heterocycles. The van der Waals surface area contributed by atoms with Crippen molar-refractivity contribution in [1.82, 2.24) is 9.97 Å². The highest BCUT2D eigenvalue weighted by molar-refractivity contribution is 6.04. The van der Waals surface area contributed by atoms with Gasteiger partial charge in [0.05, 0.1) is 37.0 Å². The first-order chi connectivity index (χ1) is 11.9. The second kappa shape index (κ2) is 8.24. The summed E-state index contributed by atoms with van der Waals surface area (Å²) in [5, 5.41) is 0. The summed E-state index contributed by atoms with van der Waals surface area (Å²) in [5.41, 5.74) is 4.05. The van der Waals surface area contributed by atoms with E-state index in [1.807, 2.05) is 32.9 Å². The van der Waals surface area contributed by atoms with Gasteiger partial charge in [-0.25, -0.2) is 4.98 Å². The zero-order chi connectivity index (χ0) is 18.4. The van der Waals surface area contributed by atoms with Crippen LogP contribution in [0, 0.1) is 20.8 Å². The fraction of sp³-hybridized carbons (Fsp3) is 0.250. The molecule has 5 nitrogen and oxygen atoms in total. The van der Waals surface area contributed by atoms with Crippen LogP contribution in [0.25, 0.3) is 12.2 Å². The van der Waals surface area contributed by atoms with Crippen LogP contribution in [0.3, 0.4) is 0 Å². The Balaban J connectivity index is 2.15. The van der Waals surface area contributed by atoms with E-state index >= 15 is 0 Å². The molecule has 0 radical (unpaired) electrons. The van der Waals surface area contributed by atoms with Crippen LogP contribution < -0.4 is 9.47 Å². The zero-order valence-corrected chi connectivity index (χ0v) is 15.2. The van der Waals surface area contributed by atoms with Crippen molar-refractivity contribution in [3.8, 4) is 11.5 Å². The van der Waals surface area contributed by atoms with Crippen molar-refractivity contribution in [3.63, 3.8) is 0 Å². The maximum atomic E-state index is 12.1. The van der Waals surface area contributed by atoms with E-state index < -0.39 is 0 Å². The highest BCUT2D eigenvalue weighted by Gasteiger charge is 2.04. The fourth-order valence-electron chi connectivity index (χ4n) is 2.23. The van der Waals surface area contributed by atoms with Crippen LogP contribution in [0.1, 0.15) is 28.3 Å². The summed E-state index contributed by atoms with van der Waals surface area (Å²) >= 11 is 0. The van der Waals surface area contributed by atoms with E-state index in [1.54, 1.807) is 32.4 Å². The quantitative estimate of drug-likeness (QED) is 0.751. The second-order valence-corrected chi connectivity index (χ2v) is 5.54. The number of carbonyl (C=O) groups excluding carboxylic acids is 1. The van der Waals surface area contributed by atoms with Crippen LogP contribution in [0.4, 0.5) is 0 Å². The molecule has 0 saturated carbocycles. The molecule has 1 aromatic carbocycles. The van der Waals surface area contributed by atoms with Gasteiger partial charge in [0.2, 0.25) is 0 Å². The molecule has 1 heterocycles. The maximum Gasteiger partial charge on any atom is 0.178 e. The molecule has 0 bridgehead atoms. The molecule has 0 N–H and O–H groups in total. The molecule has 0 spiro atoms. The maximum absolute atomic E-state index is 12.1. The Morgan fingerprint density at radius 3 is 2.28 bits per heavy atom. The van der Waals surface area contributed by atoms with E-state index in [9.17, 15) is 4.79 Å². The van der Waals surface area contributed by atoms with Crippen molar-refractivity contribution >= 4 is 17.9 Å². The minimum atomic E-state index is -0.141. The van der Waals surface area contributed by atoms with E-state index in [2.05, 4.69) is 9.97 Å². The molecular formula is C20H22N2O3. The number of hydrogen-bond acceptors (Lipinski definition) is 5. The van der Waals surface area contributed by atoms with E-state index in [-0.39, 0.29) is 5.78 Å². The third-order valence-electron chi connectivity index (χ3n) is 3.79. The summed E-state index contributed by atoms with van der Waals surface area (Å²) in [6.45, 7) is 5.69. The zero-order valence-electron chi connectivity index (χ0n) is 15.2. The smallest absolute Gasteiger partial charge is 0.178 e. The standard InChI is InChI=1S/C20H22N2O3/c1-13-14(2)22-19(15(3)21-13)11-9-17(23)8-6-16-7-10-18(24-4)12-20(16)25-5/h6-12H,1-5H3/b8-6+,11-9+. The van der Waals surface area contributed by atoms with Gasteiger partial charge in [0.15, 0.2) is 5.78 Å². The minimum absolute atomic E-state index is 0.141. The number of hydrogen-bond donors (Lipinski definition) is 0. The van der Waals surface area contributed by atoms with E-state index in [4.69, 9.17) is 9.47 Å². The Labute approximate surface area is 148 Å².